The van der Waals surface area contributed by atoms with E-state index in [1.807, 2.05) is 0 Å². The molecule has 1 fully saturated rings. The molecule has 1 saturated heterocycles. The summed E-state index contributed by atoms with van der Waals surface area (Å²) >= 11 is 0. The van der Waals surface area contributed by atoms with E-state index in [2.05, 4.69) is 6.92 Å². The SMILES string of the molecule is CCCCCCCCCCCCCCCCCC(=O)ON1C(=O)CCC1=O. The van der Waals surface area contributed by atoms with Crippen molar-refractivity contribution in [1.29, 1.82) is 0 Å². The normalized spacial score (nSPS) is 14.2. The van der Waals surface area contributed by atoms with Gasteiger partial charge in [0, 0.05) is 19.3 Å². The zero-order chi connectivity index (χ0) is 19.7. The summed E-state index contributed by atoms with van der Waals surface area (Å²) in [6.07, 6.45) is 19.7. The van der Waals surface area contributed by atoms with E-state index >= 15 is 0 Å². The average Bonchev–Trinajstić information content (AvgIpc) is 2.97. The third-order valence-corrected chi connectivity index (χ3v) is 5.18. The topological polar surface area (TPSA) is 63.7 Å². The van der Waals surface area contributed by atoms with Crippen molar-refractivity contribution in [2.75, 3.05) is 0 Å². The van der Waals surface area contributed by atoms with Gasteiger partial charge in [0.15, 0.2) is 0 Å². The van der Waals surface area contributed by atoms with Gasteiger partial charge in [-0.1, -0.05) is 96.8 Å². The lowest BCUT2D eigenvalue weighted by Gasteiger charge is -2.12. The standard InChI is InChI=1S/C22H39NO4/c1-2-3-4-5-6-7-8-9-10-11-12-13-14-15-16-17-22(26)27-23-20(24)18-19-21(23)25/h2-19H2,1H3. The van der Waals surface area contributed by atoms with Gasteiger partial charge in [-0.05, 0) is 6.42 Å². The lowest BCUT2D eigenvalue weighted by atomic mass is 10.0. The molecule has 0 radical (unpaired) electrons. The van der Waals surface area contributed by atoms with Gasteiger partial charge in [0.25, 0.3) is 11.8 Å². The summed E-state index contributed by atoms with van der Waals surface area (Å²) in [6, 6.07) is 0. The fourth-order valence-corrected chi connectivity index (χ4v) is 3.45. The van der Waals surface area contributed by atoms with Crippen LogP contribution in [-0.2, 0) is 19.2 Å². The zero-order valence-electron chi connectivity index (χ0n) is 17.3. The summed E-state index contributed by atoms with van der Waals surface area (Å²) < 4.78 is 0. The lowest BCUT2D eigenvalue weighted by molar-refractivity contribution is -0.197. The Morgan fingerprint density at radius 3 is 1.48 bits per heavy atom. The first-order chi connectivity index (χ1) is 13.1. The van der Waals surface area contributed by atoms with Crippen LogP contribution in [0.3, 0.4) is 0 Å². The number of carbonyl (C=O) groups excluding carboxylic acids is 3. The van der Waals surface area contributed by atoms with E-state index in [4.69, 9.17) is 4.84 Å². The monoisotopic (exact) mass is 381 g/mol. The van der Waals surface area contributed by atoms with Crippen LogP contribution in [0.2, 0.25) is 0 Å². The van der Waals surface area contributed by atoms with Gasteiger partial charge < -0.3 is 4.84 Å². The predicted molar refractivity (Wildman–Crippen MR) is 107 cm³/mol. The van der Waals surface area contributed by atoms with Crippen molar-refractivity contribution < 1.29 is 19.2 Å². The number of hydrogen-bond acceptors (Lipinski definition) is 4. The van der Waals surface area contributed by atoms with Crippen LogP contribution in [0.1, 0.15) is 122 Å². The van der Waals surface area contributed by atoms with Crippen molar-refractivity contribution in [3.05, 3.63) is 0 Å². The van der Waals surface area contributed by atoms with Gasteiger partial charge in [0.05, 0.1) is 0 Å². The second kappa shape index (κ2) is 15.6. The van der Waals surface area contributed by atoms with E-state index in [1.165, 1.54) is 77.0 Å². The Morgan fingerprint density at radius 2 is 1.07 bits per heavy atom. The van der Waals surface area contributed by atoms with Crippen LogP contribution in [0.4, 0.5) is 0 Å². The van der Waals surface area contributed by atoms with Crippen LogP contribution in [0, 0.1) is 0 Å². The molecule has 156 valence electrons. The third-order valence-electron chi connectivity index (χ3n) is 5.18. The van der Waals surface area contributed by atoms with Crippen molar-refractivity contribution in [3.63, 3.8) is 0 Å². The van der Waals surface area contributed by atoms with E-state index in [0.29, 0.717) is 5.06 Å². The smallest absolute Gasteiger partial charge is 0.330 e. The molecule has 27 heavy (non-hydrogen) atoms. The van der Waals surface area contributed by atoms with Crippen molar-refractivity contribution in [3.8, 4) is 0 Å². The fourth-order valence-electron chi connectivity index (χ4n) is 3.45. The summed E-state index contributed by atoms with van der Waals surface area (Å²) in [5.74, 6) is -1.30. The van der Waals surface area contributed by atoms with Crippen LogP contribution in [0.15, 0.2) is 0 Å². The lowest BCUT2D eigenvalue weighted by Crippen LogP contribution is -2.31. The van der Waals surface area contributed by atoms with E-state index in [1.54, 1.807) is 0 Å². The van der Waals surface area contributed by atoms with Gasteiger partial charge in [-0.15, -0.1) is 5.06 Å². The highest BCUT2D eigenvalue weighted by molar-refractivity contribution is 6.01. The Balaban J connectivity index is 1.80. The summed E-state index contributed by atoms with van der Waals surface area (Å²) in [5.41, 5.74) is 0. The first-order valence-electron chi connectivity index (χ1n) is 11.2. The minimum atomic E-state index is -0.478. The molecule has 0 N–H and O–H groups in total. The quantitative estimate of drug-likeness (QED) is 0.234. The van der Waals surface area contributed by atoms with Gasteiger partial charge in [-0.2, -0.15) is 0 Å². The van der Waals surface area contributed by atoms with Crippen LogP contribution in [0.5, 0.6) is 0 Å². The molecular formula is C22H39NO4. The molecule has 1 heterocycles. The van der Waals surface area contributed by atoms with Crippen LogP contribution in [-0.4, -0.2) is 22.8 Å². The number of rotatable bonds is 17. The number of hydrogen-bond donors (Lipinski definition) is 0. The number of unbranched alkanes of at least 4 members (excludes halogenated alkanes) is 14. The second-order valence-corrected chi connectivity index (χ2v) is 7.74. The molecule has 0 aromatic heterocycles. The predicted octanol–water partition coefficient (Wildman–Crippen LogP) is 5.86. The van der Waals surface area contributed by atoms with Crippen LogP contribution >= 0.6 is 0 Å². The minimum absolute atomic E-state index is 0.144. The van der Waals surface area contributed by atoms with Gasteiger partial charge in [-0.3, -0.25) is 9.59 Å². The zero-order valence-corrected chi connectivity index (χ0v) is 17.3. The van der Waals surface area contributed by atoms with Crippen LogP contribution in [0.25, 0.3) is 0 Å². The molecule has 1 aliphatic heterocycles. The molecule has 0 saturated carbocycles. The summed E-state index contributed by atoms with van der Waals surface area (Å²) in [5, 5.41) is 0.632. The Morgan fingerprint density at radius 1 is 0.704 bits per heavy atom. The van der Waals surface area contributed by atoms with E-state index in [9.17, 15) is 14.4 Å². The number of carbonyl (C=O) groups is 3. The number of nitrogens with zero attached hydrogens (tertiary/aromatic N) is 1. The Labute approximate surface area is 165 Å². The molecule has 1 aliphatic rings. The fraction of sp³-hybridized carbons (Fsp3) is 0.864. The first-order valence-corrected chi connectivity index (χ1v) is 11.2. The average molecular weight is 382 g/mol. The molecule has 1 rings (SSSR count). The third kappa shape index (κ3) is 11.8. The molecule has 5 heteroatoms. The maximum atomic E-state index is 11.7. The molecule has 5 nitrogen and oxygen atoms in total. The molecule has 0 aromatic rings. The molecule has 2 amide bonds. The van der Waals surface area contributed by atoms with Gasteiger partial charge in [0.1, 0.15) is 0 Å². The molecule has 0 aliphatic carbocycles. The molecule has 0 atom stereocenters. The van der Waals surface area contributed by atoms with Crippen molar-refractivity contribution in [2.45, 2.75) is 122 Å². The Kier molecular flexibility index (Phi) is 13.7. The first kappa shape index (κ1) is 23.6. The van der Waals surface area contributed by atoms with Gasteiger partial charge in [0.2, 0.25) is 0 Å². The van der Waals surface area contributed by atoms with Gasteiger partial charge in [-0.25, -0.2) is 4.79 Å². The highest BCUT2D eigenvalue weighted by atomic mass is 16.7. The molecule has 0 unspecified atom stereocenters. The van der Waals surface area contributed by atoms with E-state index in [-0.39, 0.29) is 19.3 Å². The minimum Gasteiger partial charge on any atom is -0.330 e. The number of imide groups is 1. The molecule has 0 aromatic carbocycles. The number of amides is 2. The highest BCUT2D eigenvalue weighted by Gasteiger charge is 2.32. The van der Waals surface area contributed by atoms with Crippen LogP contribution < -0.4 is 0 Å². The van der Waals surface area contributed by atoms with Crippen molar-refractivity contribution in [1.82, 2.24) is 5.06 Å². The van der Waals surface area contributed by atoms with E-state index < -0.39 is 17.8 Å². The maximum Gasteiger partial charge on any atom is 0.333 e. The number of hydroxylamine groups is 2. The summed E-state index contributed by atoms with van der Waals surface area (Å²) in [6.45, 7) is 2.26. The maximum absolute atomic E-state index is 11.7. The second-order valence-electron chi connectivity index (χ2n) is 7.74. The Hall–Kier alpha value is -1.39. The van der Waals surface area contributed by atoms with E-state index in [0.717, 1.165) is 19.3 Å². The molecule has 0 spiro atoms. The summed E-state index contributed by atoms with van der Waals surface area (Å²) in [4.78, 5) is 39.2. The highest BCUT2D eigenvalue weighted by Crippen LogP contribution is 2.15. The summed E-state index contributed by atoms with van der Waals surface area (Å²) in [7, 11) is 0. The molecule has 0 bridgehead atoms. The van der Waals surface area contributed by atoms with Gasteiger partial charge >= 0.3 is 5.97 Å². The van der Waals surface area contributed by atoms with Crippen molar-refractivity contribution in [2.24, 2.45) is 0 Å². The molecular weight excluding hydrogens is 342 g/mol. The largest absolute Gasteiger partial charge is 0.333 e. The Bertz CT molecular complexity index is 420. The van der Waals surface area contributed by atoms with Crippen molar-refractivity contribution >= 4 is 17.8 Å².